The van der Waals surface area contributed by atoms with Crippen LogP contribution in [0.5, 0.6) is 0 Å². The van der Waals surface area contributed by atoms with Crippen molar-refractivity contribution in [1.29, 1.82) is 0 Å². The van der Waals surface area contributed by atoms with E-state index in [2.05, 4.69) is 6.92 Å². The van der Waals surface area contributed by atoms with Gasteiger partial charge >= 0.3 is 0 Å². The van der Waals surface area contributed by atoms with E-state index in [1.54, 1.807) is 7.11 Å². The summed E-state index contributed by atoms with van der Waals surface area (Å²) in [6, 6.07) is 0. The Morgan fingerprint density at radius 3 is 2.58 bits per heavy atom. The maximum atomic E-state index is 8.49. The molecule has 0 amide bonds. The minimum absolute atomic E-state index is 0.221. The summed E-state index contributed by atoms with van der Waals surface area (Å²) in [6.45, 7) is 3.72. The quantitative estimate of drug-likeness (QED) is 0.565. The van der Waals surface area contributed by atoms with Crippen molar-refractivity contribution in [1.82, 2.24) is 0 Å². The van der Waals surface area contributed by atoms with Crippen molar-refractivity contribution in [3.05, 3.63) is 0 Å². The van der Waals surface area contributed by atoms with Gasteiger partial charge in [-0.3, -0.25) is 0 Å². The number of rotatable bonds is 8. The van der Waals surface area contributed by atoms with E-state index in [0.29, 0.717) is 6.61 Å². The average molecular weight is 176 g/mol. The summed E-state index contributed by atoms with van der Waals surface area (Å²) in [7, 11) is 1.70. The van der Waals surface area contributed by atoms with E-state index in [-0.39, 0.29) is 12.7 Å². The number of aliphatic hydroxyl groups is 1. The molecular formula is C9H20O3. The lowest BCUT2D eigenvalue weighted by Gasteiger charge is -2.12. The van der Waals surface area contributed by atoms with Gasteiger partial charge in [-0.1, -0.05) is 6.92 Å². The highest BCUT2D eigenvalue weighted by Crippen LogP contribution is 1.97. The van der Waals surface area contributed by atoms with E-state index >= 15 is 0 Å². The number of hydrogen-bond acceptors (Lipinski definition) is 3. The van der Waals surface area contributed by atoms with Crippen LogP contribution in [0.2, 0.25) is 0 Å². The van der Waals surface area contributed by atoms with Crippen LogP contribution in [0.25, 0.3) is 0 Å². The molecule has 3 heteroatoms. The Balaban J connectivity index is 3.06. The summed E-state index contributed by atoms with van der Waals surface area (Å²) in [5.41, 5.74) is 0. The van der Waals surface area contributed by atoms with E-state index in [1.807, 2.05) is 0 Å². The number of unbranched alkanes of at least 4 members (excludes halogenated alkanes) is 1. The molecular weight excluding hydrogens is 156 g/mol. The Morgan fingerprint density at radius 2 is 2.08 bits per heavy atom. The Morgan fingerprint density at radius 1 is 1.33 bits per heavy atom. The molecule has 0 aromatic heterocycles. The molecule has 0 bridgehead atoms. The monoisotopic (exact) mass is 176 g/mol. The van der Waals surface area contributed by atoms with Crippen LogP contribution in [0.1, 0.15) is 26.2 Å². The third-order valence-electron chi connectivity index (χ3n) is 1.79. The predicted molar refractivity (Wildman–Crippen MR) is 48.2 cm³/mol. The summed E-state index contributed by atoms with van der Waals surface area (Å²) in [6.07, 6.45) is 2.95. The second-order valence-corrected chi connectivity index (χ2v) is 2.77. The Labute approximate surface area is 74.7 Å². The molecule has 0 saturated heterocycles. The molecule has 12 heavy (non-hydrogen) atoms. The number of aliphatic hydroxyl groups excluding tert-OH is 1. The summed E-state index contributed by atoms with van der Waals surface area (Å²) < 4.78 is 10.5. The zero-order chi connectivity index (χ0) is 9.23. The van der Waals surface area contributed by atoms with Gasteiger partial charge in [0.05, 0.1) is 12.7 Å². The molecule has 3 nitrogen and oxygen atoms in total. The SMILES string of the molecule is CCC(COCCCCO)OC. The van der Waals surface area contributed by atoms with Crippen LogP contribution < -0.4 is 0 Å². The van der Waals surface area contributed by atoms with Crippen molar-refractivity contribution in [2.45, 2.75) is 32.3 Å². The maximum Gasteiger partial charge on any atom is 0.0802 e. The largest absolute Gasteiger partial charge is 0.396 e. The minimum atomic E-state index is 0.221. The highest BCUT2D eigenvalue weighted by molar-refractivity contribution is 4.51. The van der Waals surface area contributed by atoms with Crippen molar-refractivity contribution < 1.29 is 14.6 Å². The van der Waals surface area contributed by atoms with Crippen molar-refractivity contribution in [3.8, 4) is 0 Å². The van der Waals surface area contributed by atoms with Crippen LogP contribution in [0, 0.1) is 0 Å². The normalized spacial score (nSPS) is 13.2. The molecule has 1 unspecified atom stereocenters. The number of hydrogen-bond donors (Lipinski definition) is 1. The third kappa shape index (κ3) is 6.58. The number of methoxy groups -OCH3 is 1. The Hall–Kier alpha value is -0.120. The fourth-order valence-electron chi connectivity index (χ4n) is 0.883. The molecule has 0 fully saturated rings. The highest BCUT2D eigenvalue weighted by Gasteiger charge is 2.02. The summed E-state index contributed by atoms with van der Waals surface area (Å²) in [5.74, 6) is 0. The van der Waals surface area contributed by atoms with E-state index in [0.717, 1.165) is 25.9 Å². The smallest absolute Gasteiger partial charge is 0.0802 e. The first kappa shape index (κ1) is 11.9. The first-order valence-corrected chi connectivity index (χ1v) is 4.56. The van der Waals surface area contributed by atoms with Gasteiger partial charge in [-0.15, -0.1) is 0 Å². The number of ether oxygens (including phenoxy) is 2. The van der Waals surface area contributed by atoms with Crippen LogP contribution in [0.3, 0.4) is 0 Å². The predicted octanol–water partition coefficient (Wildman–Crippen LogP) is 1.20. The minimum Gasteiger partial charge on any atom is -0.396 e. The van der Waals surface area contributed by atoms with Crippen LogP contribution in [-0.2, 0) is 9.47 Å². The van der Waals surface area contributed by atoms with Gasteiger partial charge in [-0.2, -0.15) is 0 Å². The van der Waals surface area contributed by atoms with Crippen LogP contribution in [-0.4, -0.2) is 38.1 Å². The summed E-state index contributed by atoms with van der Waals surface area (Å²) >= 11 is 0. The second kappa shape index (κ2) is 8.97. The van der Waals surface area contributed by atoms with Crippen molar-refractivity contribution in [2.24, 2.45) is 0 Å². The molecule has 0 aromatic rings. The van der Waals surface area contributed by atoms with E-state index < -0.39 is 0 Å². The third-order valence-corrected chi connectivity index (χ3v) is 1.79. The van der Waals surface area contributed by atoms with Gasteiger partial charge in [-0.05, 0) is 19.3 Å². The lowest BCUT2D eigenvalue weighted by atomic mass is 10.3. The molecule has 0 rings (SSSR count). The second-order valence-electron chi connectivity index (χ2n) is 2.77. The van der Waals surface area contributed by atoms with Gasteiger partial charge in [0.2, 0.25) is 0 Å². The molecule has 0 radical (unpaired) electrons. The molecule has 0 saturated carbocycles. The Kier molecular flexibility index (Phi) is 8.88. The first-order chi connectivity index (χ1) is 5.85. The Bertz CT molecular complexity index is 81.8. The average Bonchev–Trinajstić information content (AvgIpc) is 2.11. The summed E-state index contributed by atoms with van der Waals surface area (Å²) in [4.78, 5) is 0. The molecule has 1 atom stereocenters. The van der Waals surface area contributed by atoms with Gasteiger partial charge in [0.25, 0.3) is 0 Å². The molecule has 0 aromatic carbocycles. The topological polar surface area (TPSA) is 38.7 Å². The zero-order valence-corrected chi connectivity index (χ0v) is 8.08. The van der Waals surface area contributed by atoms with Gasteiger partial charge in [-0.25, -0.2) is 0 Å². The highest BCUT2D eigenvalue weighted by atomic mass is 16.5. The molecule has 1 N–H and O–H groups in total. The van der Waals surface area contributed by atoms with E-state index in [1.165, 1.54) is 0 Å². The van der Waals surface area contributed by atoms with Gasteiger partial charge in [0.1, 0.15) is 0 Å². The van der Waals surface area contributed by atoms with E-state index in [4.69, 9.17) is 14.6 Å². The van der Waals surface area contributed by atoms with Crippen LogP contribution in [0.4, 0.5) is 0 Å². The van der Waals surface area contributed by atoms with Crippen LogP contribution >= 0.6 is 0 Å². The lowest BCUT2D eigenvalue weighted by Crippen LogP contribution is -2.17. The molecule has 0 heterocycles. The van der Waals surface area contributed by atoms with Crippen molar-refractivity contribution >= 4 is 0 Å². The lowest BCUT2D eigenvalue weighted by molar-refractivity contribution is 0.00525. The fraction of sp³-hybridized carbons (Fsp3) is 1.00. The van der Waals surface area contributed by atoms with Crippen molar-refractivity contribution in [3.63, 3.8) is 0 Å². The molecule has 0 aliphatic carbocycles. The molecule has 74 valence electrons. The van der Waals surface area contributed by atoms with Gasteiger partial charge < -0.3 is 14.6 Å². The van der Waals surface area contributed by atoms with Crippen molar-refractivity contribution in [2.75, 3.05) is 26.9 Å². The van der Waals surface area contributed by atoms with Gasteiger partial charge in [0, 0.05) is 20.3 Å². The van der Waals surface area contributed by atoms with Gasteiger partial charge in [0.15, 0.2) is 0 Å². The first-order valence-electron chi connectivity index (χ1n) is 4.56. The fourth-order valence-corrected chi connectivity index (χ4v) is 0.883. The maximum absolute atomic E-state index is 8.49. The molecule has 0 aliphatic rings. The zero-order valence-electron chi connectivity index (χ0n) is 8.08. The molecule has 0 spiro atoms. The standard InChI is InChI=1S/C9H20O3/c1-3-9(11-2)8-12-7-5-4-6-10/h9-10H,3-8H2,1-2H3. The van der Waals surface area contributed by atoms with E-state index in [9.17, 15) is 0 Å². The van der Waals surface area contributed by atoms with Crippen LogP contribution in [0.15, 0.2) is 0 Å². The summed E-state index contributed by atoms with van der Waals surface area (Å²) in [5, 5.41) is 8.49. The molecule has 0 aliphatic heterocycles.